The van der Waals surface area contributed by atoms with Crippen LogP contribution in [0.1, 0.15) is 49.7 Å². The summed E-state index contributed by atoms with van der Waals surface area (Å²) in [6.45, 7) is 16.2. The van der Waals surface area contributed by atoms with E-state index in [4.69, 9.17) is 9.47 Å². The molecule has 8 aromatic rings. The Balaban J connectivity index is 0.000000118. The summed E-state index contributed by atoms with van der Waals surface area (Å²) in [6.07, 6.45) is 14.0. The predicted octanol–water partition coefficient (Wildman–Crippen LogP) is 8.31. The predicted molar refractivity (Wildman–Crippen MR) is 302 cm³/mol. The van der Waals surface area contributed by atoms with E-state index in [1.54, 1.807) is 14.2 Å². The van der Waals surface area contributed by atoms with Gasteiger partial charge in [0.1, 0.15) is 11.5 Å². The van der Waals surface area contributed by atoms with Gasteiger partial charge in [0.05, 0.1) is 62.4 Å². The Bertz CT molecular complexity index is 3040. The Kier molecular flexibility index (Phi) is 16.8. The van der Waals surface area contributed by atoms with Crippen LogP contribution >= 0.6 is 15.9 Å². The van der Waals surface area contributed by atoms with Crippen molar-refractivity contribution in [2.45, 2.75) is 69.7 Å². The molecule has 0 amide bonds. The van der Waals surface area contributed by atoms with Gasteiger partial charge in [0.2, 0.25) is 0 Å². The van der Waals surface area contributed by atoms with Crippen LogP contribution in [-0.2, 0) is 13.1 Å². The summed E-state index contributed by atoms with van der Waals surface area (Å²) in [5.41, 5.74) is 8.56. The molecular weight excluding hydrogens is 993 g/mol. The highest BCUT2D eigenvalue weighted by molar-refractivity contribution is 9.10. The second-order valence-electron chi connectivity index (χ2n) is 20.5. The molecule has 16 heteroatoms. The zero-order chi connectivity index (χ0) is 49.5. The Morgan fingerprint density at radius 2 is 1.05 bits per heavy atom. The molecule has 14 rings (SSSR count). The fourth-order valence-electron chi connectivity index (χ4n) is 11.8. The van der Waals surface area contributed by atoms with Gasteiger partial charge < -0.3 is 30.1 Å². The first kappa shape index (κ1) is 51.5. The van der Waals surface area contributed by atoms with Crippen molar-refractivity contribution in [1.29, 1.82) is 0 Å². The summed E-state index contributed by atoms with van der Waals surface area (Å²) in [7, 11) is 3.37. The molecule has 390 valence electrons. The average Bonchev–Trinajstić information content (AvgIpc) is 4.32. The topological polar surface area (TPSA) is 143 Å². The maximum absolute atomic E-state index is 5.26. The van der Waals surface area contributed by atoms with Crippen molar-refractivity contribution in [2.75, 3.05) is 103 Å². The Hall–Kier alpha value is -6.01. The normalized spacial score (nSPS) is 20.6. The van der Waals surface area contributed by atoms with Crippen LogP contribution in [0.4, 0.5) is 11.4 Å². The van der Waals surface area contributed by atoms with Crippen LogP contribution in [-0.4, -0.2) is 161 Å². The van der Waals surface area contributed by atoms with Crippen LogP contribution in [0.2, 0.25) is 0 Å². The third kappa shape index (κ3) is 12.1. The number of piperazine rings is 3. The fourth-order valence-corrected chi connectivity index (χ4v) is 12.2. The zero-order valence-corrected chi connectivity index (χ0v) is 44.7. The van der Waals surface area contributed by atoms with Gasteiger partial charge in [0.15, 0.2) is 0 Å². The number of rotatable bonds is 8. The molecule has 6 aliphatic heterocycles. The molecule has 15 nitrogen and oxygen atoms in total. The minimum atomic E-state index is 0. The van der Waals surface area contributed by atoms with Gasteiger partial charge in [-0.15, -0.1) is 0 Å². The Labute approximate surface area is 443 Å². The lowest BCUT2D eigenvalue weighted by atomic mass is 10.1. The van der Waals surface area contributed by atoms with E-state index in [2.05, 4.69) is 144 Å². The van der Waals surface area contributed by atoms with Gasteiger partial charge in [0, 0.05) is 109 Å². The number of hydrogen-bond acceptors (Lipinski definition) is 11. The Morgan fingerprint density at radius 3 is 1.62 bits per heavy atom. The maximum atomic E-state index is 5.26. The van der Waals surface area contributed by atoms with E-state index >= 15 is 0 Å². The number of aromatic nitrogens is 6. The molecule has 6 aliphatic rings. The third-order valence-electron chi connectivity index (χ3n) is 16.0. The number of nitrogens with one attached hydrogen (secondary N) is 2. The van der Waals surface area contributed by atoms with Crippen LogP contribution in [0.25, 0.3) is 32.7 Å². The van der Waals surface area contributed by atoms with Crippen molar-refractivity contribution in [3.05, 3.63) is 137 Å². The van der Waals surface area contributed by atoms with Gasteiger partial charge in [0.25, 0.3) is 0 Å². The minimum Gasteiger partial charge on any atom is -0.497 e. The number of halogens is 1. The van der Waals surface area contributed by atoms with Crippen LogP contribution in [0, 0.1) is 0 Å². The van der Waals surface area contributed by atoms with E-state index in [9.17, 15) is 0 Å². The number of anilines is 2. The van der Waals surface area contributed by atoms with E-state index in [1.807, 2.05) is 53.6 Å². The van der Waals surface area contributed by atoms with Crippen molar-refractivity contribution in [2.24, 2.45) is 0 Å². The number of ether oxygens (including phenoxy) is 2. The molecule has 0 spiro atoms. The summed E-state index contributed by atoms with van der Waals surface area (Å²) in [5, 5.41) is 23.2. The quantitative estimate of drug-likeness (QED) is 0.152. The molecule has 4 N–H and O–H groups in total. The molecule has 0 saturated carbocycles. The largest absolute Gasteiger partial charge is 0.497 e. The van der Waals surface area contributed by atoms with E-state index in [0.29, 0.717) is 0 Å². The summed E-state index contributed by atoms with van der Waals surface area (Å²) in [4.78, 5) is 13.0. The van der Waals surface area contributed by atoms with E-state index in [0.717, 1.165) is 83.2 Å². The van der Waals surface area contributed by atoms with E-state index in [-0.39, 0.29) is 5.48 Å². The van der Waals surface area contributed by atoms with Gasteiger partial charge in [-0.05, 0) is 142 Å². The molecule has 0 aliphatic carbocycles. The standard InChI is InChI=1S/C22H26N4O.C15H13BrN2O.C14H18N4.C7H14N2.H2O/c1-27-21-8-4-17(5-9-21)15-26-22-13-19(7-6-18(22)14-23-26)25-12-11-24-10-2-3-20(24)16-25;1-19-14-6-2-11(3-7-14)10-18-15-8-13(16)5-4-12(15)9-17-18;1-2-13-10-18(7-6-17(13)5-1)12-4-3-11-9-15-16-14(11)8-12;1-2-7-6-8-3-5-9(7)4-1;/h4-9,13-14,20H,2-3,10-12,15-16H2,1H3;2-9H,10H2,1H3;3-4,8-9,13H,1-2,5-7,10H2,(H,15,16);7-8H,1-6H2;1H2. The number of H-pyrrole nitrogens is 1. The molecule has 5 aromatic carbocycles. The van der Waals surface area contributed by atoms with Crippen molar-refractivity contribution in [1.82, 2.24) is 49.8 Å². The summed E-state index contributed by atoms with van der Waals surface area (Å²) in [6, 6.07) is 38.3. The number of hydrogen-bond donors (Lipinski definition) is 2. The number of methoxy groups -OCH3 is 2. The number of fused-ring (bicyclic) bond motifs is 6. The number of aromatic amines is 1. The van der Waals surface area contributed by atoms with Crippen LogP contribution < -0.4 is 24.6 Å². The average molecular weight is 1070 g/mol. The molecule has 3 atom stereocenters. The second kappa shape index (κ2) is 24.1. The Morgan fingerprint density at radius 1 is 0.541 bits per heavy atom. The third-order valence-corrected chi connectivity index (χ3v) is 16.5. The highest BCUT2D eigenvalue weighted by atomic mass is 79.9. The number of benzene rings is 5. The molecule has 0 radical (unpaired) electrons. The van der Waals surface area contributed by atoms with Gasteiger partial charge in [-0.25, -0.2) is 0 Å². The fraction of sp³-hybridized carbons (Fsp3) is 0.431. The van der Waals surface area contributed by atoms with E-state index in [1.165, 1.54) is 136 Å². The lowest BCUT2D eigenvalue weighted by Crippen LogP contribution is -2.50. The monoisotopic (exact) mass is 1060 g/mol. The van der Waals surface area contributed by atoms with Crippen molar-refractivity contribution in [3.63, 3.8) is 0 Å². The van der Waals surface area contributed by atoms with Crippen molar-refractivity contribution < 1.29 is 14.9 Å². The first-order valence-corrected chi connectivity index (χ1v) is 27.4. The van der Waals surface area contributed by atoms with Crippen molar-refractivity contribution >= 4 is 60.0 Å². The van der Waals surface area contributed by atoms with Gasteiger partial charge in [-0.2, -0.15) is 15.3 Å². The first-order chi connectivity index (χ1) is 35.9. The maximum Gasteiger partial charge on any atom is 0.118 e. The summed E-state index contributed by atoms with van der Waals surface area (Å²) < 4.78 is 15.6. The number of nitrogens with zero attached hydrogens (tertiary/aromatic N) is 10. The highest BCUT2D eigenvalue weighted by Crippen LogP contribution is 2.30. The summed E-state index contributed by atoms with van der Waals surface area (Å²) in [5.74, 6) is 1.76. The molecule has 3 aromatic heterocycles. The summed E-state index contributed by atoms with van der Waals surface area (Å²) >= 11 is 3.50. The van der Waals surface area contributed by atoms with Crippen LogP contribution in [0.5, 0.6) is 11.5 Å². The molecule has 6 fully saturated rings. The molecule has 9 heterocycles. The van der Waals surface area contributed by atoms with E-state index < -0.39 is 0 Å². The first-order valence-electron chi connectivity index (χ1n) is 26.6. The lowest BCUT2D eigenvalue weighted by molar-refractivity contribution is 0.212. The smallest absolute Gasteiger partial charge is 0.118 e. The van der Waals surface area contributed by atoms with Crippen molar-refractivity contribution in [3.8, 4) is 11.5 Å². The molecular formula is C58H73BrN12O3. The molecule has 6 saturated heterocycles. The SMILES string of the molecule is C1CC2CNCCN2C1.COc1ccc(Cn2ncc3ccc(Br)cc32)cc1.COc1ccc(Cn2ncc3ccc(N4CCN5CCCC5C4)cc32)cc1.O.c1cc2cn[nH]c2cc1N1CCN2CCCC2C1. The van der Waals surface area contributed by atoms with Gasteiger partial charge in [-0.3, -0.25) is 29.2 Å². The molecule has 0 bridgehead atoms. The van der Waals surface area contributed by atoms with Gasteiger partial charge >= 0.3 is 0 Å². The second-order valence-corrected chi connectivity index (χ2v) is 21.4. The van der Waals surface area contributed by atoms with Crippen LogP contribution in [0.3, 0.4) is 0 Å². The highest BCUT2D eigenvalue weighted by Gasteiger charge is 2.32. The zero-order valence-electron chi connectivity index (χ0n) is 43.1. The molecule has 3 unspecified atom stereocenters. The molecule has 74 heavy (non-hydrogen) atoms. The lowest BCUT2D eigenvalue weighted by Gasteiger charge is -2.38. The van der Waals surface area contributed by atoms with Gasteiger partial charge in [-0.1, -0.05) is 46.3 Å². The minimum absolute atomic E-state index is 0. The van der Waals surface area contributed by atoms with Crippen LogP contribution in [0.15, 0.2) is 126 Å².